The first kappa shape index (κ1) is 11.8. The fourth-order valence-corrected chi connectivity index (χ4v) is 2.62. The molecule has 1 heterocycles. The molecule has 0 bridgehead atoms. The number of hydrogen-bond donors (Lipinski definition) is 0. The molecule has 0 N–H and O–H groups in total. The molecule has 1 aromatic heterocycles. The van der Waals surface area contributed by atoms with Crippen molar-refractivity contribution in [2.75, 3.05) is 7.11 Å². The monoisotopic (exact) mass is 299 g/mol. The third-order valence-electron chi connectivity index (χ3n) is 2.41. The number of nitrogens with zero attached hydrogens (tertiary/aromatic N) is 1. The molecule has 2 aromatic rings. The second kappa shape index (κ2) is 4.70. The van der Waals surface area contributed by atoms with Crippen molar-refractivity contribution in [3.05, 3.63) is 39.0 Å². The number of hydrogen-bond acceptors (Lipinski definition) is 2. The summed E-state index contributed by atoms with van der Waals surface area (Å²) in [4.78, 5) is 4.55. The first-order valence-electron chi connectivity index (χ1n) is 4.86. The quantitative estimate of drug-likeness (QED) is 0.833. The van der Waals surface area contributed by atoms with Crippen molar-refractivity contribution >= 4 is 38.4 Å². The lowest BCUT2D eigenvalue weighted by Gasteiger charge is -2.08. The lowest BCUT2D eigenvalue weighted by molar-refractivity contribution is 0.182. The molecule has 2 rings (SSSR count). The number of benzene rings is 1. The van der Waals surface area contributed by atoms with Gasteiger partial charge < -0.3 is 4.74 Å². The minimum atomic E-state index is 0.474. The summed E-state index contributed by atoms with van der Waals surface area (Å²) in [6.07, 6.45) is 0. The smallest absolute Gasteiger partial charge is 0.0884 e. The lowest BCUT2D eigenvalue weighted by Crippen LogP contribution is -1.95. The van der Waals surface area contributed by atoms with Crippen molar-refractivity contribution in [1.29, 1.82) is 0 Å². The number of fused-ring (bicyclic) bond motifs is 1. The molecule has 0 unspecified atom stereocenters. The molecule has 0 saturated heterocycles. The molecule has 2 nitrogen and oxygen atoms in total. The van der Waals surface area contributed by atoms with E-state index in [0.717, 1.165) is 26.6 Å². The molecule has 0 fully saturated rings. The Balaban J connectivity index is 2.76. The fraction of sp³-hybridized carbons (Fsp3) is 0.250. The van der Waals surface area contributed by atoms with E-state index < -0.39 is 0 Å². The van der Waals surface area contributed by atoms with E-state index in [4.69, 9.17) is 16.3 Å². The highest BCUT2D eigenvalue weighted by atomic mass is 79.9. The van der Waals surface area contributed by atoms with Gasteiger partial charge in [0.05, 0.1) is 22.8 Å². The number of methoxy groups -OCH3 is 1. The molecule has 0 spiro atoms. The minimum Gasteiger partial charge on any atom is -0.378 e. The van der Waals surface area contributed by atoms with Gasteiger partial charge in [-0.25, -0.2) is 4.98 Å². The predicted octanol–water partition coefficient (Wildman–Crippen LogP) is 4.11. The van der Waals surface area contributed by atoms with Crippen LogP contribution in [0.2, 0.25) is 5.02 Å². The van der Waals surface area contributed by atoms with Crippen LogP contribution < -0.4 is 0 Å². The Morgan fingerprint density at radius 1 is 1.44 bits per heavy atom. The van der Waals surface area contributed by atoms with Crippen LogP contribution in [0.5, 0.6) is 0 Å². The highest BCUT2D eigenvalue weighted by Crippen LogP contribution is 2.32. The van der Waals surface area contributed by atoms with Gasteiger partial charge >= 0.3 is 0 Å². The molecule has 4 heteroatoms. The van der Waals surface area contributed by atoms with Crippen LogP contribution in [0.4, 0.5) is 0 Å². The molecule has 0 saturated carbocycles. The number of aromatic nitrogens is 1. The summed E-state index contributed by atoms with van der Waals surface area (Å²) in [5.74, 6) is 0. The Kier molecular flexibility index (Phi) is 3.47. The second-order valence-electron chi connectivity index (χ2n) is 3.62. The van der Waals surface area contributed by atoms with Crippen LogP contribution in [0.3, 0.4) is 0 Å². The van der Waals surface area contributed by atoms with Crippen LogP contribution in [-0.2, 0) is 11.3 Å². The van der Waals surface area contributed by atoms with Gasteiger partial charge in [-0.1, -0.05) is 33.6 Å². The van der Waals surface area contributed by atoms with Crippen LogP contribution in [0, 0.1) is 6.92 Å². The molecule has 0 aliphatic rings. The van der Waals surface area contributed by atoms with Gasteiger partial charge in [0.2, 0.25) is 0 Å². The zero-order chi connectivity index (χ0) is 11.7. The van der Waals surface area contributed by atoms with Crippen LogP contribution >= 0.6 is 27.5 Å². The summed E-state index contributed by atoms with van der Waals surface area (Å²) in [6.45, 7) is 2.50. The summed E-state index contributed by atoms with van der Waals surface area (Å²) < 4.78 is 6.04. The van der Waals surface area contributed by atoms with Gasteiger partial charge in [-0.05, 0) is 24.6 Å². The summed E-state index contributed by atoms with van der Waals surface area (Å²) >= 11 is 9.74. The van der Waals surface area contributed by atoms with Crippen molar-refractivity contribution < 1.29 is 4.74 Å². The Labute approximate surface area is 108 Å². The average Bonchev–Trinajstić information content (AvgIpc) is 2.23. The van der Waals surface area contributed by atoms with Crippen LogP contribution in [0.25, 0.3) is 10.9 Å². The highest BCUT2D eigenvalue weighted by Gasteiger charge is 2.09. The molecule has 0 radical (unpaired) electrons. The van der Waals surface area contributed by atoms with Crippen LogP contribution in [0.15, 0.2) is 22.7 Å². The molecular weight excluding hydrogens is 289 g/mol. The van der Waals surface area contributed by atoms with Gasteiger partial charge in [0, 0.05) is 17.0 Å². The molecule has 0 aliphatic heterocycles. The molecule has 84 valence electrons. The molecule has 0 atom stereocenters. The first-order chi connectivity index (χ1) is 7.63. The van der Waals surface area contributed by atoms with Gasteiger partial charge in [-0.15, -0.1) is 0 Å². The van der Waals surface area contributed by atoms with Gasteiger partial charge in [0.1, 0.15) is 0 Å². The van der Waals surface area contributed by atoms with Gasteiger partial charge in [-0.2, -0.15) is 0 Å². The maximum Gasteiger partial charge on any atom is 0.0884 e. The van der Waals surface area contributed by atoms with Crippen molar-refractivity contribution in [2.24, 2.45) is 0 Å². The average molecular weight is 301 g/mol. The Morgan fingerprint density at radius 3 is 2.88 bits per heavy atom. The highest BCUT2D eigenvalue weighted by molar-refractivity contribution is 9.10. The topological polar surface area (TPSA) is 22.1 Å². The van der Waals surface area contributed by atoms with E-state index in [1.54, 1.807) is 7.11 Å². The number of halogens is 2. The lowest BCUT2D eigenvalue weighted by atomic mass is 10.1. The number of ether oxygens (including phenoxy) is 1. The Hall–Kier alpha value is -0.640. The summed E-state index contributed by atoms with van der Waals surface area (Å²) in [5, 5.41) is 1.66. The maximum atomic E-state index is 6.25. The van der Waals surface area contributed by atoms with Crippen molar-refractivity contribution in [2.45, 2.75) is 13.5 Å². The predicted molar refractivity (Wildman–Crippen MR) is 69.9 cm³/mol. The minimum absolute atomic E-state index is 0.474. The molecule has 0 aliphatic carbocycles. The Morgan fingerprint density at radius 2 is 2.19 bits per heavy atom. The van der Waals surface area contributed by atoms with E-state index in [0.29, 0.717) is 11.6 Å². The number of pyridine rings is 1. The summed E-state index contributed by atoms with van der Waals surface area (Å²) in [6, 6.07) is 5.85. The van der Waals surface area contributed by atoms with Gasteiger partial charge in [0.15, 0.2) is 0 Å². The van der Waals surface area contributed by atoms with E-state index in [2.05, 4.69) is 20.9 Å². The van der Waals surface area contributed by atoms with E-state index in [1.165, 1.54) is 0 Å². The first-order valence-corrected chi connectivity index (χ1v) is 6.03. The van der Waals surface area contributed by atoms with E-state index in [1.807, 2.05) is 25.1 Å². The van der Waals surface area contributed by atoms with Crippen molar-refractivity contribution in [1.82, 2.24) is 4.98 Å². The maximum absolute atomic E-state index is 6.25. The zero-order valence-electron chi connectivity index (χ0n) is 9.05. The van der Waals surface area contributed by atoms with Crippen LogP contribution in [0.1, 0.15) is 11.3 Å². The molecular formula is C12H11BrClNO. The third kappa shape index (κ3) is 2.08. The zero-order valence-corrected chi connectivity index (χ0v) is 11.4. The number of aryl methyl sites for hydroxylation is 1. The second-order valence-corrected chi connectivity index (χ2v) is 4.88. The van der Waals surface area contributed by atoms with Gasteiger partial charge in [-0.3, -0.25) is 0 Å². The molecule has 0 amide bonds. The normalized spacial score (nSPS) is 11.0. The van der Waals surface area contributed by atoms with E-state index in [-0.39, 0.29) is 0 Å². The van der Waals surface area contributed by atoms with E-state index in [9.17, 15) is 0 Å². The summed E-state index contributed by atoms with van der Waals surface area (Å²) in [7, 11) is 1.65. The van der Waals surface area contributed by atoms with E-state index >= 15 is 0 Å². The standard InChI is InChI=1S/C12H11BrClNO/c1-7-3-4-9(13)11-10(14)5-8(6-16-2)15-12(7)11/h3-5H,6H2,1-2H3. The summed E-state index contributed by atoms with van der Waals surface area (Å²) in [5.41, 5.74) is 2.88. The third-order valence-corrected chi connectivity index (χ3v) is 3.37. The SMILES string of the molecule is COCc1cc(Cl)c2c(Br)ccc(C)c2n1. The van der Waals surface area contributed by atoms with Crippen LogP contribution in [-0.4, -0.2) is 12.1 Å². The Bertz CT molecular complexity index is 542. The number of rotatable bonds is 2. The fourth-order valence-electron chi connectivity index (χ4n) is 1.66. The van der Waals surface area contributed by atoms with Crippen molar-refractivity contribution in [3.8, 4) is 0 Å². The largest absolute Gasteiger partial charge is 0.378 e. The van der Waals surface area contributed by atoms with Gasteiger partial charge in [0.25, 0.3) is 0 Å². The molecule has 16 heavy (non-hydrogen) atoms. The molecule has 1 aromatic carbocycles. The van der Waals surface area contributed by atoms with Crippen molar-refractivity contribution in [3.63, 3.8) is 0 Å².